The molecule has 0 N–H and O–H groups in total. The van der Waals surface area contributed by atoms with Gasteiger partial charge in [-0.1, -0.05) is 23.7 Å². The molecule has 4 rings (SSSR count). The Bertz CT molecular complexity index is 1060. The van der Waals surface area contributed by atoms with Gasteiger partial charge in [-0.05, 0) is 64.2 Å². The third-order valence-corrected chi connectivity index (χ3v) is 5.28. The van der Waals surface area contributed by atoms with E-state index < -0.39 is 12.4 Å². The molecule has 1 unspecified atom stereocenters. The summed E-state index contributed by atoms with van der Waals surface area (Å²) in [5.74, 6) is -0.284. The fourth-order valence-corrected chi connectivity index (χ4v) is 4.04. The first-order valence-electron chi connectivity index (χ1n) is 9.11. The minimum absolute atomic E-state index is 0.284. The molecule has 4 nitrogen and oxygen atoms in total. The molecule has 0 fully saturated rings. The molecular weight excluding hydrogens is 417 g/mol. The maximum atomic E-state index is 12.3. The molecule has 1 aromatic heterocycles. The molecule has 0 spiro atoms. The number of aromatic nitrogens is 1. The van der Waals surface area contributed by atoms with Crippen LogP contribution in [0.3, 0.4) is 0 Å². The molecule has 1 aliphatic heterocycles. The Balaban J connectivity index is 1.56. The third-order valence-electron chi connectivity index (χ3n) is 4.96. The van der Waals surface area contributed by atoms with Gasteiger partial charge in [-0.25, -0.2) is 0 Å². The molecule has 2 heterocycles. The lowest BCUT2D eigenvalue weighted by molar-refractivity contribution is -0.274. The fraction of sp³-hybridized carbons (Fsp3) is 0.182. The van der Waals surface area contributed by atoms with Crippen molar-refractivity contribution in [1.29, 1.82) is 0 Å². The summed E-state index contributed by atoms with van der Waals surface area (Å²) in [6.07, 6.45) is -0.499. The van der Waals surface area contributed by atoms with Crippen molar-refractivity contribution < 1.29 is 22.7 Å². The summed E-state index contributed by atoms with van der Waals surface area (Å²) in [6.45, 7) is 0.878. The summed E-state index contributed by atoms with van der Waals surface area (Å²) in [4.78, 5) is 17.8. The highest BCUT2D eigenvalue weighted by Crippen LogP contribution is 2.41. The number of halogens is 4. The Labute approximate surface area is 175 Å². The van der Waals surface area contributed by atoms with Crippen molar-refractivity contribution in [3.8, 4) is 16.9 Å². The molecule has 0 aliphatic carbocycles. The van der Waals surface area contributed by atoms with Crippen molar-refractivity contribution in [2.75, 3.05) is 0 Å². The van der Waals surface area contributed by atoms with Crippen LogP contribution < -0.4 is 4.74 Å². The number of hydrogen-bond acceptors (Lipinski definition) is 4. The highest BCUT2D eigenvalue weighted by atomic mass is 35.5. The first-order chi connectivity index (χ1) is 14.3. The van der Waals surface area contributed by atoms with E-state index in [4.69, 9.17) is 11.6 Å². The van der Waals surface area contributed by atoms with Crippen molar-refractivity contribution in [3.05, 3.63) is 82.6 Å². The van der Waals surface area contributed by atoms with E-state index in [2.05, 4.69) is 9.72 Å². The van der Waals surface area contributed by atoms with E-state index in [0.29, 0.717) is 18.1 Å². The molecule has 0 amide bonds. The Hall–Kier alpha value is -2.90. The van der Waals surface area contributed by atoms with Crippen LogP contribution in [0.15, 0.2) is 60.9 Å². The average molecular weight is 433 g/mol. The van der Waals surface area contributed by atoms with E-state index >= 15 is 0 Å². The SMILES string of the molecule is O=CC1c2c(Cl)cc(-c3ccncc3)cc2CN1Cc1ccc(OC(F)(F)F)cc1. The molecule has 2 aromatic carbocycles. The predicted molar refractivity (Wildman–Crippen MR) is 106 cm³/mol. The van der Waals surface area contributed by atoms with Crippen LogP contribution in [0.2, 0.25) is 5.02 Å². The molecule has 0 saturated heterocycles. The maximum Gasteiger partial charge on any atom is 0.573 e. The minimum atomic E-state index is -4.73. The molecule has 30 heavy (non-hydrogen) atoms. The zero-order valence-corrected chi connectivity index (χ0v) is 16.3. The van der Waals surface area contributed by atoms with Gasteiger partial charge in [-0.15, -0.1) is 13.2 Å². The molecule has 1 aliphatic rings. The summed E-state index contributed by atoms with van der Waals surface area (Å²) in [5.41, 5.74) is 4.37. The van der Waals surface area contributed by atoms with E-state index in [0.717, 1.165) is 34.1 Å². The van der Waals surface area contributed by atoms with Gasteiger partial charge in [0.2, 0.25) is 0 Å². The Kier molecular flexibility index (Phi) is 5.49. The van der Waals surface area contributed by atoms with Crippen LogP contribution in [0.5, 0.6) is 5.75 Å². The zero-order valence-electron chi connectivity index (χ0n) is 15.6. The highest BCUT2D eigenvalue weighted by molar-refractivity contribution is 6.32. The van der Waals surface area contributed by atoms with Crippen LogP contribution >= 0.6 is 11.6 Å². The number of fused-ring (bicyclic) bond motifs is 1. The first kappa shape index (κ1) is 20.4. The van der Waals surface area contributed by atoms with Crippen LogP contribution in [-0.2, 0) is 17.9 Å². The van der Waals surface area contributed by atoms with Gasteiger partial charge in [0.15, 0.2) is 0 Å². The standard InChI is InChI=1S/C22H16ClF3N2O2/c23-19-10-16(15-5-7-27-8-6-15)9-17-12-28(20(13-29)21(17)19)11-14-1-3-18(4-2-14)30-22(24,25)26/h1-10,13,20H,11-12H2. The Morgan fingerprint density at radius 2 is 1.80 bits per heavy atom. The van der Waals surface area contributed by atoms with Gasteiger partial charge < -0.3 is 9.53 Å². The van der Waals surface area contributed by atoms with Gasteiger partial charge in [0.1, 0.15) is 12.0 Å². The number of ether oxygens (including phenoxy) is 1. The third kappa shape index (κ3) is 4.32. The second-order valence-corrected chi connectivity index (χ2v) is 7.35. The topological polar surface area (TPSA) is 42.4 Å². The van der Waals surface area contributed by atoms with Crippen LogP contribution in [0, 0.1) is 0 Å². The number of nitrogens with zero attached hydrogens (tertiary/aromatic N) is 2. The summed E-state index contributed by atoms with van der Waals surface area (Å²) in [5, 5.41) is 0.507. The fourth-order valence-electron chi connectivity index (χ4n) is 3.69. The Morgan fingerprint density at radius 3 is 2.43 bits per heavy atom. The maximum absolute atomic E-state index is 12.3. The molecular formula is C22H16ClF3N2O2. The summed E-state index contributed by atoms with van der Waals surface area (Å²) in [6, 6.07) is 12.7. The average Bonchev–Trinajstić information content (AvgIpc) is 3.06. The van der Waals surface area contributed by atoms with Crippen molar-refractivity contribution >= 4 is 17.9 Å². The normalized spacial score (nSPS) is 16.3. The molecule has 3 aromatic rings. The van der Waals surface area contributed by atoms with E-state index in [1.54, 1.807) is 24.5 Å². The van der Waals surface area contributed by atoms with Crippen LogP contribution in [-0.4, -0.2) is 22.5 Å². The molecule has 0 saturated carbocycles. The van der Waals surface area contributed by atoms with Crippen molar-refractivity contribution in [2.45, 2.75) is 25.5 Å². The highest BCUT2D eigenvalue weighted by Gasteiger charge is 2.33. The number of carbonyl (C=O) groups excluding carboxylic acids is 1. The lowest BCUT2D eigenvalue weighted by atomic mass is 9.99. The molecule has 1 atom stereocenters. The summed E-state index contributed by atoms with van der Waals surface area (Å²) >= 11 is 6.52. The number of pyridine rings is 1. The van der Waals surface area contributed by atoms with Gasteiger partial charge in [0, 0.05) is 30.5 Å². The lowest BCUT2D eigenvalue weighted by Gasteiger charge is -2.21. The second kappa shape index (κ2) is 8.08. The number of alkyl halides is 3. The monoisotopic (exact) mass is 432 g/mol. The lowest BCUT2D eigenvalue weighted by Crippen LogP contribution is -2.22. The number of benzene rings is 2. The number of aldehydes is 1. The van der Waals surface area contributed by atoms with Crippen LogP contribution in [0.25, 0.3) is 11.1 Å². The van der Waals surface area contributed by atoms with Gasteiger partial charge in [-0.3, -0.25) is 9.88 Å². The number of rotatable bonds is 5. The van der Waals surface area contributed by atoms with Crippen LogP contribution in [0.1, 0.15) is 22.7 Å². The van der Waals surface area contributed by atoms with Gasteiger partial charge in [-0.2, -0.15) is 0 Å². The van der Waals surface area contributed by atoms with E-state index in [1.807, 2.05) is 29.2 Å². The van der Waals surface area contributed by atoms with E-state index in [-0.39, 0.29) is 5.75 Å². The van der Waals surface area contributed by atoms with E-state index in [9.17, 15) is 18.0 Å². The smallest absolute Gasteiger partial charge is 0.406 e. The van der Waals surface area contributed by atoms with Gasteiger partial charge in [0.05, 0.1) is 6.04 Å². The molecule has 0 bridgehead atoms. The zero-order chi connectivity index (χ0) is 21.3. The quantitative estimate of drug-likeness (QED) is 0.495. The number of carbonyl (C=O) groups is 1. The Morgan fingerprint density at radius 1 is 1.10 bits per heavy atom. The predicted octanol–water partition coefficient (Wildman–Crippen LogP) is 5.56. The first-order valence-corrected chi connectivity index (χ1v) is 9.48. The van der Waals surface area contributed by atoms with Gasteiger partial charge in [0.25, 0.3) is 0 Å². The summed E-state index contributed by atoms with van der Waals surface area (Å²) in [7, 11) is 0. The van der Waals surface area contributed by atoms with Gasteiger partial charge >= 0.3 is 6.36 Å². The van der Waals surface area contributed by atoms with Crippen LogP contribution in [0.4, 0.5) is 13.2 Å². The molecule has 8 heteroatoms. The van der Waals surface area contributed by atoms with Crippen molar-refractivity contribution in [2.24, 2.45) is 0 Å². The molecule has 154 valence electrons. The summed E-state index contributed by atoms with van der Waals surface area (Å²) < 4.78 is 40.9. The minimum Gasteiger partial charge on any atom is -0.406 e. The number of hydrogen-bond donors (Lipinski definition) is 0. The van der Waals surface area contributed by atoms with Crippen molar-refractivity contribution in [1.82, 2.24) is 9.88 Å². The van der Waals surface area contributed by atoms with E-state index in [1.165, 1.54) is 12.1 Å². The van der Waals surface area contributed by atoms with Crippen molar-refractivity contribution in [3.63, 3.8) is 0 Å². The largest absolute Gasteiger partial charge is 0.573 e. The second-order valence-electron chi connectivity index (χ2n) is 6.94. The molecule has 0 radical (unpaired) electrons.